The molecule has 3 aromatic rings. The normalized spacial score (nSPS) is 11.5. The van der Waals surface area contributed by atoms with Crippen molar-refractivity contribution in [1.29, 1.82) is 0 Å². The van der Waals surface area contributed by atoms with Gasteiger partial charge >= 0.3 is 0 Å². The van der Waals surface area contributed by atoms with Gasteiger partial charge in [0.25, 0.3) is 0 Å². The van der Waals surface area contributed by atoms with Gasteiger partial charge in [0, 0.05) is 24.0 Å². The maximum absolute atomic E-state index is 13.7. The zero-order valence-electron chi connectivity index (χ0n) is 19.7. The highest BCUT2D eigenvalue weighted by molar-refractivity contribution is 9.10. The molecule has 0 aliphatic rings. The van der Waals surface area contributed by atoms with Crippen molar-refractivity contribution in [2.45, 2.75) is 38.8 Å². The van der Waals surface area contributed by atoms with E-state index in [2.05, 4.69) is 21.2 Å². The third-order valence-electron chi connectivity index (χ3n) is 5.60. The molecule has 34 heavy (non-hydrogen) atoms. The summed E-state index contributed by atoms with van der Waals surface area (Å²) < 4.78 is 6.20. The molecule has 0 heterocycles. The number of amides is 2. The molecular formula is C28H31BrN2O3. The largest absolute Gasteiger partial charge is 0.497 e. The molecule has 0 bridgehead atoms. The van der Waals surface area contributed by atoms with Crippen molar-refractivity contribution in [3.63, 3.8) is 0 Å². The Hall–Kier alpha value is -3.12. The lowest BCUT2D eigenvalue weighted by Crippen LogP contribution is -2.51. The van der Waals surface area contributed by atoms with Gasteiger partial charge in [-0.25, -0.2) is 0 Å². The molecular weight excluding hydrogens is 492 g/mol. The quantitative estimate of drug-likeness (QED) is 0.378. The second kappa shape index (κ2) is 12.9. The summed E-state index contributed by atoms with van der Waals surface area (Å²) >= 11 is 3.47. The van der Waals surface area contributed by atoms with Crippen LogP contribution in [0.3, 0.4) is 0 Å². The smallest absolute Gasteiger partial charge is 0.243 e. The molecule has 0 saturated heterocycles. The number of nitrogens with zero attached hydrogens (tertiary/aromatic N) is 1. The molecule has 3 aromatic carbocycles. The van der Waals surface area contributed by atoms with Crippen LogP contribution in [0.15, 0.2) is 83.3 Å². The van der Waals surface area contributed by atoms with Crippen molar-refractivity contribution >= 4 is 27.7 Å². The van der Waals surface area contributed by atoms with E-state index in [0.29, 0.717) is 19.5 Å². The molecule has 0 aliphatic carbocycles. The summed E-state index contributed by atoms with van der Waals surface area (Å²) in [5, 5.41) is 3.01. The number of hydrogen-bond donors (Lipinski definition) is 1. The van der Waals surface area contributed by atoms with E-state index in [4.69, 9.17) is 4.74 Å². The number of benzene rings is 3. The van der Waals surface area contributed by atoms with Crippen LogP contribution in [0.5, 0.6) is 5.75 Å². The minimum atomic E-state index is -0.622. The van der Waals surface area contributed by atoms with Crippen LogP contribution in [0.25, 0.3) is 0 Å². The van der Waals surface area contributed by atoms with E-state index in [1.54, 1.807) is 12.0 Å². The Morgan fingerprint density at radius 2 is 1.56 bits per heavy atom. The summed E-state index contributed by atoms with van der Waals surface area (Å²) in [4.78, 5) is 28.7. The van der Waals surface area contributed by atoms with Gasteiger partial charge in [0.2, 0.25) is 11.8 Å². The SMILES string of the molecule is CCCNC(=O)C(Cc1ccccc1)N(Cc1ccc(Br)cc1)C(=O)Cc1ccc(OC)cc1. The van der Waals surface area contributed by atoms with Crippen LogP contribution in [0.2, 0.25) is 0 Å². The lowest BCUT2D eigenvalue weighted by molar-refractivity contribution is -0.140. The van der Waals surface area contributed by atoms with Crippen molar-refractivity contribution in [3.05, 3.63) is 100 Å². The molecule has 5 nitrogen and oxygen atoms in total. The molecule has 0 aliphatic heterocycles. The Balaban J connectivity index is 1.92. The highest BCUT2D eigenvalue weighted by Crippen LogP contribution is 2.19. The van der Waals surface area contributed by atoms with Crippen molar-refractivity contribution in [2.24, 2.45) is 0 Å². The molecule has 2 amide bonds. The number of carbonyl (C=O) groups excluding carboxylic acids is 2. The average Bonchev–Trinajstić information content (AvgIpc) is 2.86. The maximum atomic E-state index is 13.7. The van der Waals surface area contributed by atoms with Gasteiger partial charge in [-0.1, -0.05) is 77.5 Å². The highest BCUT2D eigenvalue weighted by atomic mass is 79.9. The van der Waals surface area contributed by atoms with Crippen LogP contribution >= 0.6 is 15.9 Å². The van der Waals surface area contributed by atoms with Crippen LogP contribution in [0.4, 0.5) is 0 Å². The lowest BCUT2D eigenvalue weighted by Gasteiger charge is -2.31. The van der Waals surface area contributed by atoms with E-state index in [1.165, 1.54) is 0 Å². The van der Waals surface area contributed by atoms with Crippen LogP contribution in [-0.2, 0) is 29.0 Å². The minimum Gasteiger partial charge on any atom is -0.497 e. The Kier molecular flexibility index (Phi) is 9.71. The number of halogens is 1. The summed E-state index contributed by atoms with van der Waals surface area (Å²) in [5.74, 6) is 0.510. The van der Waals surface area contributed by atoms with Crippen LogP contribution in [-0.4, -0.2) is 36.4 Å². The van der Waals surface area contributed by atoms with Gasteiger partial charge in [0.05, 0.1) is 13.5 Å². The predicted molar refractivity (Wildman–Crippen MR) is 139 cm³/mol. The topological polar surface area (TPSA) is 58.6 Å². The summed E-state index contributed by atoms with van der Waals surface area (Å²) in [5.41, 5.74) is 2.85. The monoisotopic (exact) mass is 522 g/mol. The number of hydrogen-bond acceptors (Lipinski definition) is 3. The van der Waals surface area contributed by atoms with Crippen LogP contribution < -0.4 is 10.1 Å². The number of carbonyl (C=O) groups is 2. The molecule has 0 saturated carbocycles. The molecule has 0 spiro atoms. The lowest BCUT2D eigenvalue weighted by atomic mass is 10.0. The van der Waals surface area contributed by atoms with E-state index < -0.39 is 6.04 Å². The first-order valence-electron chi connectivity index (χ1n) is 11.5. The summed E-state index contributed by atoms with van der Waals surface area (Å²) in [7, 11) is 1.61. The molecule has 0 fully saturated rings. The predicted octanol–water partition coefficient (Wildman–Crippen LogP) is 5.17. The second-order valence-corrected chi connectivity index (χ2v) is 9.09. The molecule has 0 aromatic heterocycles. The fourth-order valence-electron chi connectivity index (χ4n) is 3.73. The van der Waals surface area contributed by atoms with Crippen LogP contribution in [0.1, 0.15) is 30.0 Å². The highest BCUT2D eigenvalue weighted by Gasteiger charge is 2.30. The first-order valence-corrected chi connectivity index (χ1v) is 12.3. The molecule has 0 radical (unpaired) electrons. The first kappa shape index (κ1) is 25.5. The van der Waals surface area contributed by atoms with E-state index in [0.717, 1.165) is 33.3 Å². The fraction of sp³-hybridized carbons (Fsp3) is 0.286. The zero-order valence-corrected chi connectivity index (χ0v) is 21.3. The van der Waals surface area contributed by atoms with Gasteiger partial charge < -0.3 is 15.0 Å². The Morgan fingerprint density at radius 3 is 2.18 bits per heavy atom. The Bertz CT molecular complexity index is 1050. The van der Waals surface area contributed by atoms with E-state index in [9.17, 15) is 9.59 Å². The van der Waals surface area contributed by atoms with Crippen molar-refractivity contribution < 1.29 is 14.3 Å². The molecule has 3 rings (SSSR count). The van der Waals surface area contributed by atoms with Gasteiger partial charge in [-0.05, 0) is 47.4 Å². The summed E-state index contributed by atoms with van der Waals surface area (Å²) in [6, 6.07) is 24.5. The number of ether oxygens (including phenoxy) is 1. The van der Waals surface area contributed by atoms with Crippen molar-refractivity contribution in [2.75, 3.05) is 13.7 Å². The number of nitrogens with one attached hydrogen (secondary N) is 1. The second-order valence-electron chi connectivity index (χ2n) is 8.17. The van der Waals surface area contributed by atoms with Crippen LogP contribution in [0, 0.1) is 0 Å². The number of rotatable bonds is 11. The fourth-order valence-corrected chi connectivity index (χ4v) is 3.99. The molecule has 178 valence electrons. The third kappa shape index (κ3) is 7.45. The Labute approximate surface area is 210 Å². The third-order valence-corrected chi connectivity index (χ3v) is 6.13. The first-order chi connectivity index (χ1) is 16.5. The summed E-state index contributed by atoms with van der Waals surface area (Å²) in [6.07, 6.45) is 1.48. The molecule has 1 N–H and O–H groups in total. The van der Waals surface area contributed by atoms with Gasteiger partial charge in [-0.2, -0.15) is 0 Å². The van der Waals surface area contributed by atoms with Gasteiger partial charge in [-0.3, -0.25) is 9.59 Å². The Morgan fingerprint density at radius 1 is 0.912 bits per heavy atom. The maximum Gasteiger partial charge on any atom is 0.243 e. The van der Waals surface area contributed by atoms with Gasteiger partial charge in [-0.15, -0.1) is 0 Å². The standard InChI is InChI=1S/C28H31BrN2O3/c1-3-17-30-28(33)26(18-21-7-5-4-6-8-21)31(20-23-9-13-24(29)14-10-23)27(32)19-22-11-15-25(34-2)16-12-22/h4-16,26H,3,17-20H2,1-2H3,(H,30,33). The zero-order chi connectivity index (χ0) is 24.3. The average molecular weight is 523 g/mol. The minimum absolute atomic E-state index is 0.0966. The molecule has 6 heteroatoms. The molecule has 1 unspecified atom stereocenters. The van der Waals surface area contributed by atoms with Crippen molar-refractivity contribution in [1.82, 2.24) is 10.2 Å². The van der Waals surface area contributed by atoms with E-state index in [-0.39, 0.29) is 18.2 Å². The van der Waals surface area contributed by atoms with E-state index in [1.807, 2.05) is 85.8 Å². The summed E-state index contributed by atoms with van der Waals surface area (Å²) in [6.45, 7) is 2.93. The number of methoxy groups -OCH3 is 1. The van der Waals surface area contributed by atoms with E-state index >= 15 is 0 Å². The van der Waals surface area contributed by atoms with Gasteiger partial charge in [0.1, 0.15) is 11.8 Å². The molecule has 1 atom stereocenters. The van der Waals surface area contributed by atoms with Gasteiger partial charge in [0.15, 0.2) is 0 Å². The van der Waals surface area contributed by atoms with Crippen molar-refractivity contribution in [3.8, 4) is 5.75 Å².